The predicted octanol–water partition coefficient (Wildman–Crippen LogP) is 3.85. The number of ether oxygens (including phenoxy) is 1. The third-order valence-electron chi connectivity index (χ3n) is 3.29. The minimum absolute atomic E-state index is 0. The monoisotopic (exact) mass is 328 g/mol. The number of hydrogen-bond donors (Lipinski definition) is 1. The molecule has 1 N–H and O–H groups in total. The van der Waals surface area contributed by atoms with Crippen molar-refractivity contribution in [2.75, 3.05) is 6.61 Å². The minimum Gasteiger partial charge on any atom is -1.00 e. The summed E-state index contributed by atoms with van der Waals surface area (Å²) in [6, 6.07) is 7.48. The zero-order valence-corrected chi connectivity index (χ0v) is 16.0. The van der Waals surface area contributed by atoms with Gasteiger partial charge in [-0.3, -0.25) is 4.79 Å². The topological polar surface area (TPSA) is 46.5 Å². The summed E-state index contributed by atoms with van der Waals surface area (Å²) in [7, 11) is 0. The first-order valence-corrected chi connectivity index (χ1v) is 6.93. The Morgan fingerprint density at radius 3 is 2.32 bits per heavy atom. The second-order valence-corrected chi connectivity index (χ2v) is 5.18. The summed E-state index contributed by atoms with van der Waals surface area (Å²) in [6.07, 6.45) is 0.0118. The van der Waals surface area contributed by atoms with Gasteiger partial charge >= 0.3 is 43.7 Å². The summed E-state index contributed by atoms with van der Waals surface area (Å²) < 4.78 is 5.69. The molecule has 1 atom stereocenters. The summed E-state index contributed by atoms with van der Waals surface area (Å²) in [5, 5.41) is 8.93. The molecule has 0 unspecified atom stereocenters. The third-order valence-corrected chi connectivity index (χ3v) is 3.29. The number of allylic oxidation sites excluding steroid dienone is 1. The van der Waals surface area contributed by atoms with Crippen LogP contribution in [0, 0.1) is 11.8 Å². The minimum atomic E-state index is -0.845. The van der Waals surface area contributed by atoms with Crippen LogP contribution in [-0.2, 0) is 4.79 Å². The summed E-state index contributed by atoms with van der Waals surface area (Å²) in [5.74, 6) is 5.38. The van der Waals surface area contributed by atoms with Gasteiger partial charge < -0.3 is 12.7 Å². The van der Waals surface area contributed by atoms with Crippen molar-refractivity contribution in [1.82, 2.24) is 0 Å². The second kappa shape index (κ2) is 10.7. The molecule has 3 nitrogen and oxygen atoms in total. The number of rotatable bonds is 6. The Labute approximate surface area is 165 Å². The summed E-state index contributed by atoms with van der Waals surface area (Å²) in [5.41, 5.74) is 3.36. The van der Waals surface area contributed by atoms with Crippen molar-refractivity contribution in [2.45, 2.75) is 40.0 Å². The van der Waals surface area contributed by atoms with Gasteiger partial charge in [0.05, 0.1) is 12.3 Å². The van der Waals surface area contributed by atoms with Gasteiger partial charge in [-0.15, -0.1) is 5.92 Å². The molecule has 0 saturated heterocycles. The molecule has 4 heteroatoms. The van der Waals surface area contributed by atoms with E-state index < -0.39 is 5.97 Å². The van der Waals surface area contributed by atoms with Gasteiger partial charge in [-0.05, 0) is 51.0 Å². The van der Waals surface area contributed by atoms with Crippen LogP contribution in [-0.4, -0.2) is 55.4 Å². The predicted molar refractivity (Wildman–Crippen MR) is 92.4 cm³/mol. The zero-order valence-electron chi connectivity index (χ0n) is 15.8. The van der Waals surface area contributed by atoms with E-state index >= 15 is 0 Å². The molecule has 0 aromatic heterocycles. The molecular formula is C18H24CaO3. The standard InChI is InChI=1S/C18H22O3.Ca.2H/c1-5-6-16(11-18(19)20)15-7-9-17(10-8-15)21-12-14(4)13(2)3;;;/h7-10,16H,11-12H2,1-4H3,(H,19,20);;;/q;+2;2*-1/t16-;;;/m0.../s1. The van der Waals surface area contributed by atoms with E-state index in [1.54, 1.807) is 6.92 Å². The quantitative estimate of drug-likeness (QED) is 0.490. The molecule has 0 aliphatic heterocycles. The number of carbonyl (C=O) groups is 1. The van der Waals surface area contributed by atoms with Crippen LogP contribution in [0.3, 0.4) is 0 Å². The third kappa shape index (κ3) is 7.35. The average Bonchev–Trinajstić information content (AvgIpc) is 2.44. The van der Waals surface area contributed by atoms with Gasteiger partial charge in [0.1, 0.15) is 12.4 Å². The Morgan fingerprint density at radius 2 is 1.86 bits per heavy atom. The van der Waals surface area contributed by atoms with Gasteiger partial charge in [-0.25, -0.2) is 0 Å². The van der Waals surface area contributed by atoms with Crippen molar-refractivity contribution in [1.29, 1.82) is 0 Å². The van der Waals surface area contributed by atoms with Gasteiger partial charge in [0.2, 0.25) is 0 Å². The fourth-order valence-electron chi connectivity index (χ4n) is 1.73. The maximum Gasteiger partial charge on any atom is 2.00 e. The maximum atomic E-state index is 10.9. The zero-order chi connectivity index (χ0) is 15.8. The first kappa shape index (κ1) is 21.0. The van der Waals surface area contributed by atoms with E-state index in [4.69, 9.17) is 9.84 Å². The number of aliphatic carboxylic acids is 1. The van der Waals surface area contributed by atoms with Gasteiger partial charge in [0, 0.05) is 0 Å². The van der Waals surface area contributed by atoms with Crippen LogP contribution in [0.5, 0.6) is 5.75 Å². The van der Waals surface area contributed by atoms with Gasteiger partial charge in [-0.1, -0.05) is 23.6 Å². The smallest absolute Gasteiger partial charge is 1.00 e. The fraction of sp³-hybridized carbons (Fsp3) is 0.389. The van der Waals surface area contributed by atoms with Gasteiger partial charge in [-0.2, -0.15) is 0 Å². The number of carboxylic acid groups (broad SMARTS) is 1. The Balaban J connectivity index is -0.00000147. The van der Waals surface area contributed by atoms with E-state index in [2.05, 4.69) is 25.7 Å². The van der Waals surface area contributed by atoms with Crippen molar-refractivity contribution in [3.8, 4) is 17.6 Å². The van der Waals surface area contributed by atoms with Crippen molar-refractivity contribution in [2.24, 2.45) is 0 Å². The summed E-state index contributed by atoms with van der Waals surface area (Å²) in [6.45, 7) is 8.44. The molecule has 0 radical (unpaired) electrons. The van der Waals surface area contributed by atoms with E-state index in [-0.39, 0.29) is 52.9 Å². The van der Waals surface area contributed by atoms with Crippen LogP contribution in [0.2, 0.25) is 0 Å². The van der Waals surface area contributed by atoms with E-state index in [0.717, 1.165) is 11.3 Å². The molecule has 0 aliphatic carbocycles. The molecule has 1 aromatic carbocycles. The normalized spacial score (nSPS) is 10.5. The molecular weight excluding hydrogens is 304 g/mol. The largest absolute Gasteiger partial charge is 2.00 e. The molecule has 0 saturated carbocycles. The molecule has 0 amide bonds. The van der Waals surface area contributed by atoms with Gasteiger partial charge in [0.15, 0.2) is 0 Å². The van der Waals surface area contributed by atoms with E-state index in [9.17, 15) is 4.79 Å². The molecule has 116 valence electrons. The van der Waals surface area contributed by atoms with Crippen LogP contribution >= 0.6 is 0 Å². The van der Waals surface area contributed by atoms with E-state index in [1.807, 2.05) is 31.2 Å². The van der Waals surface area contributed by atoms with Crippen molar-refractivity contribution in [3.05, 3.63) is 41.0 Å². The van der Waals surface area contributed by atoms with Crippen LogP contribution in [0.15, 0.2) is 35.4 Å². The average molecular weight is 328 g/mol. The van der Waals surface area contributed by atoms with Crippen LogP contribution in [0.4, 0.5) is 0 Å². The molecule has 0 spiro atoms. The van der Waals surface area contributed by atoms with Crippen LogP contribution in [0.25, 0.3) is 0 Å². The molecule has 1 rings (SSSR count). The Kier molecular flexibility index (Phi) is 10.3. The fourth-order valence-corrected chi connectivity index (χ4v) is 1.73. The molecule has 0 fully saturated rings. The van der Waals surface area contributed by atoms with Crippen molar-refractivity contribution >= 4 is 43.7 Å². The Hall–Kier alpha value is -0.950. The molecule has 1 aromatic rings. The van der Waals surface area contributed by atoms with Crippen LogP contribution in [0.1, 0.15) is 48.5 Å². The summed E-state index contributed by atoms with van der Waals surface area (Å²) in [4.78, 5) is 10.9. The maximum absolute atomic E-state index is 10.9. The van der Waals surface area contributed by atoms with E-state index in [0.29, 0.717) is 6.61 Å². The second-order valence-electron chi connectivity index (χ2n) is 5.18. The first-order chi connectivity index (χ1) is 9.93. The number of carboxylic acids is 1. The van der Waals surface area contributed by atoms with Gasteiger partial charge in [0.25, 0.3) is 0 Å². The number of benzene rings is 1. The molecule has 22 heavy (non-hydrogen) atoms. The first-order valence-electron chi connectivity index (χ1n) is 6.93. The van der Waals surface area contributed by atoms with E-state index in [1.165, 1.54) is 11.1 Å². The van der Waals surface area contributed by atoms with Crippen molar-refractivity contribution < 1.29 is 17.5 Å². The Bertz CT molecular complexity index is 583. The Morgan fingerprint density at radius 1 is 1.27 bits per heavy atom. The summed E-state index contributed by atoms with van der Waals surface area (Å²) >= 11 is 0. The number of hydrogen-bond acceptors (Lipinski definition) is 2. The molecule has 0 heterocycles. The molecule has 0 aliphatic rings. The van der Waals surface area contributed by atoms with Crippen LogP contribution < -0.4 is 4.74 Å². The SMILES string of the molecule is CC#C[C@@H](CC(=O)O)c1ccc(OCC(C)=C(C)C)cc1.[Ca+2].[H-].[H-]. The molecule has 0 bridgehead atoms. The van der Waals surface area contributed by atoms with Crippen molar-refractivity contribution in [3.63, 3.8) is 0 Å².